The molecule has 0 spiro atoms. The minimum Gasteiger partial charge on any atom is -0.345 e. The quantitative estimate of drug-likeness (QED) is 0.671. The van der Waals surface area contributed by atoms with Crippen LogP contribution in [0, 0.1) is 0 Å². The molecule has 0 saturated carbocycles. The van der Waals surface area contributed by atoms with Gasteiger partial charge in [-0.15, -0.1) is 0 Å². The van der Waals surface area contributed by atoms with E-state index in [9.17, 15) is 22.8 Å². The number of carbonyl (C=O) groups excluding carboxylic acids is 2. The summed E-state index contributed by atoms with van der Waals surface area (Å²) in [4.78, 5) is 25.3. The normalized spacial score (nSPS) is 13.1. The van der Waals surface area contributed by atoms with Gasteiger partial charge in [-0.2, -0.15) is 13.2 Å². The first-order valence-corrected chi connectivity index (χ1v) is 3.98. The van der Waals surface area contributed by atoms with E-state index >= 15 is 0 Å². The maximum atomic E-state index is 11.6. The van der Waals surface area contributed by atoms with Crippen LogP contribution in [0.15, 0.2) is 0 Å². The molecule has 88 valence electrons. The third kappa shape index (κ3) is 7.74. The fourth-order valence-electron chi connectivity index (χ4n) is 0.648. The molecule has 1 atom stereocenters. The zero-order valence-corrected chi connectivity index (χ0v) is 8.14. The number of carbonyl (C=O) groups is 2. The van der Waals surface area contributed by atoms with E-state index in [0.717, 1.165) is 0 Å². The lowest BCUT2D eigenvalue weighted by atomic mass is 10.3. The monoisotopic (exact) mass is 228 g/mol. The van der Waals surface area contributed by atoms with Gasteiger partial charge in [-0.05, 0) is 6.92 Å². The van der Waals surface area contributed by atoms with Gasteiger partial charge in [-0.3, -0.25) is 14.4 Å². The van der Waals surface area contributed by atoms with Crippen molar-refractivity contribution in [3.63, 3.8) is 0 Å². The fraction of sp³-hybridized carbons (Fsp3) is 0.714. The van der Waals surface area contributed by atoms with Crippen LogP contribution in [-0.4, -0.2) is 30.6 Å². The molecule has 15 heavy (non-hydrogen) atoms. The number of hydrogen-bond acceptors (Lipinski definition) is 3. The minimum absolute atomic E-state index is 0.464. The molecule has 0 aromatic heterocycles. The second-order valence-corrected chi connectivity index (χ2v) is 2.79. The first-order chi connectivity index (χ1) is 6.72. The van der Waals surface area contributed by atoms with Crippen LogP contribution < -0.4 is 10.8 Å². The molecule has 5 nitrogen and oxygen atoms in total. The van der Waals surface area contributed by atoms with E-state index in [-0.39, 0.29) is 0 Å². The van der Waals surface area contributed by atoms with Gasteiger partial charge in [0.1, 0.15) is 6.04 Å². The first-order valence-electron chi connectivity index (χ1n) is 3.98. The summed E-state index contributed by atoms with van der Waals surface area (Å²) < 4.78 is 34.7. The highest BCUT2D eigenvalue weighted by Gasteiger charge is 2.28. The van der Waals surface area contributed by atoms with Gasteiger partial charge in [0.15, 0.2) is 6.61 Å². The van der Waals surface area contributed by atoms with Gasteiger partial charge >= 0.3 is 6.18 Å². The summed E-state index contributed by atoms with van der Waals surface area (Å²) in [5, 5.41) is 2.18. The SMILES string of the molecule is CC(=O)NC(C)C(=O)NOCC(F)(F)F. The van der Waals surface area contributed by atoms with Crippen LogP contribution in [-0.2, 0) is 14.4 Å². The highest BCUT2D eigenvalue weighted by molar-refractivity contribution is 5.85. The molecule has 0 saturated heterocycles. The van der Waals surface area contributed by atoms with Gasteiger partial charge in [-0.1, -0.05) is 0 Å². The molecule has 0 fully saturated rings. The van der Waals surface area contributed by atoms with Crippen molar-refractivity contribution in [2.45, 2.75) is 26.1 Å². The largest absolute Gasteiger partial charge is 0.414 e. The van der Waals surface area contributed by atoms with Gasteiger partial charge in [0.2, 0.25) is 5.91 Å². The van der Waals surface area contributed by atoms with Crippen molar-refractivity contribution in [3.8, 4) is 0 Å². The van der Waals surface area contributed by atoms with Crippen molar-refractivity contribution in [2.75, 3.05) is 6.61 Å². The topological polar surface area (TPSA) is 67.4 Å². The van der Waals surface area contributed by atoms with Gasteiger partial charge in [0.25, 0.3) is 5.91 Å². The highest BCUT2D eigenvalue weighted by Crippen LogP contribution is 2.13. The molecule has 8 heteroatoms. The standard InChI is InChI=1S/C7H11F3N2O3/c1-4(11-5(2)13)6(14)12-15-3-7(8,9)10/h4H,3H2,1-2H3,(H,11,13)(H,12,14). The number of hydroxylamine groups is 1. The molecule has 0 heterocycles. The summed E-state index contributed by atoms with van der Waals surface area (Å²) in [6, 6.07) is -0.948. The van der Waals surface area contributed by atoms with Crippen molar-refractivity contribution in [3.05, 3.63) is 0 Å². The van der Waals surface area contributed by atoms with Crippen LogP contribution >= 0.6 is 0 Å². The Kier molecular flexibility index (Phi) is 5.06. The smallest absolute Gasteiger partial charge is 0.345 e. The second kappa shape index (κ2) is 5.54. The maximum Gasteiger partial charge on any atom is 0.414 e. The van der Waals surface area contributed by atoms with Crippen molar-refractivity contribution in [1.29, 1.82) is 0 Å². The average Bonchev–Trinajstić information content (AvgIpc) is 2.00. The Morgan fingerprint density at radius 1 is 1.40 bits per heavy atom. The van der Waals surface area contributed by atoms with E-state index in [0.29, 0.717) is 0 Å². The van der Waals surface area contributed by atoms with Gasteiger partial charge in [-0.25, -0.2) is 5.48 Å². The number of hydrogen-bond donors (Lipinski definition) is 2. The average molecular weight is 228 g/mol. The molecule has 1 unspecified atom stereocenters. The van der Waals surface area contributed by atoms with E-state index < -0.39 is 30.6 Å². The predicted molar refractivity (Wildman–Crippen MR) is 43.4 cm³/mol. The van der Waals surface area contributed by atoms with Crippen molar-refractivity contribution in [1.82, 2.24) is 10.8 Å². The number of alkyl halides is 3. The minimum atomic E-state index is -4.51. The Hall–Kier alpha value is -1.31. The molecular weight excluding hydrogens is 217 g/mol. The number of amides is 2. The molecule has 0 aliphatic heterocycles. The van der Waals surface area contributed by atoms with Crippen LogP contribution in [0.2, 0.25) is 0 Å². The first kappa shape index (κ1) is 13.7. The van der Waals surface area contributed by atoms with Crippen molar-refractivity contribution < 1.29 is 27.6 Å². The summed E-state index contributed by atoms with van der Waals surface area (Å²) in [6.07, 6.45) is -4.51. The van der Waals surface area contributed by atoms with Crippen molar-refractivity contribution in [2.24, 2.45) is 0 Å². The predicted octanol–water partition coefficient (Wildman–Crippen LogP) is 0.121. The molecule has 2 N–H and O–H groups in total. The van der Waals surface area contributed by atoms with Gasteiger partial charge in [0.05, 0.1) is 0 Å². The Labute approximate surface area is 83.9 Å². The van der Waals surface area contributed by atoms with Crippen LogP contribution in [0.3, 0.4) is 0 Å². The zero-order chi connectivity index (χ0) is 12.1. The third-order valence-corrected chi connectivity index (χ3v) is 1.22. The second-order valence-electron chi connectivity index (χ2n) is 2.79. The third-order valence-electron chi connectivity index (χ3n) is 1.22. The Balaban J connectivity index is 3.79. The molecule has 0 aromatic carbocycles. The molecule has 0 bridgehead atoms. The van der Waals surface area contributed by atoms with Gasteiger partial charge in [0, 0.05) is 6.92 Å². The van der Waals surface area contributed by atoms with Crippen LogP contribution in [0.25, 0.3) is 0 Å². The van der Waals surface area contributed by atoms with E-state index in [2.05, 4.69) is 10.2 Å². The molecule has 0 radical (unpaired) electrons. The summed E-state index contributed by atoms with van der Waals surface area (Å²) in [5.74, 6) is -1.32. The van der Waals surface area contributed by atoms with E-state index in [1.807, 2.05) is 0 Å². The number of rotatable bonds is 4. The summed E-state index contributed by atoms with van der Waals surface area (Å²) in [7, 11) is 0. The molecule has 0 aromatic rings. The Bertz CT molecular complexity index is 242. The van der Waals surface area contributed by atoms with E-state index in [1.54, 1.807) is 5.48 Å². The highest BCUT2D eigenvalue weighted by atomic mass is 19.4. The lowest BCUT2D eigenvalue weighted by Gasteiger charge is -2.13. The fourth-order valence-corrected chi connectivity index (χ4v) is 0.648. The van der Waals surface area contributed by atoms with Crippen LogP contribution in [0.5, 0.6) is 0 Å². The number of nitrogens with one attached hydrogen (secondary N) is 2. The van der Waals surface area contributed by atoms with Gasteiger partial charge < -0.3 is 5.32 Å². The molecule has 0 aliphatic carbocycles. The maximum absolute atomic E-state index is 11.6. The zero-order valence-electron chi connectivity index (χ0n) is 8.14. The summed E-state index contributed by atoms with van der Waals surface area (Å²) in [6.45, 7) is 0.916. The van der Waals surface area contributed by atoms with E-state index in [4.69, 9.17) is 0 Å². The molecule has 2 amide bonds. The summed E-state index contributed by atoms with van der Waals surface area (Å²) in [5.41, 5.74) is 1.57. The Morgan fingerprint density at radius 2 is 1.93 bits per heavy atom. The summed E-state index contributed by atoms with van der Waals surface area (Å²) >= 11 is 0. The molecular formula is C7H11F3N2O3. The number of halogens is 3. The van der Waals surface area contributed by atoms with Crippen LogP contribution in [0.1, 0.15) is 13.8 Å². The molecule has 0 aliphatic rings. The van der Waals surface area contributed by atoms with Crippen LogP contribution in [0.4, 0.5) is 13.2 Å². The lowest BCUT2D eigenvalue weighted by molar-refractivity contribution is -0.192. The van der Waals surface area contributed by atoms with Crippen molar-refractivity contribution >= 4 is 11.8 Å². The Morgan fingerprint density at radius 3 is 2.33 bits per heavy atom. The van der Waals surface area contributed by atoms with E-state index in [1.165, 1.54) is 13.8 Å². The molecule has 0 rings (SSSR count). The lowest BCUT2D eigenvalue weighted by Crippen LogP contribution is -2.44.